The molecule has 0 spiro atoms. The van der Waals surface area contributed by atoms with Crippen LogP contribution in [-0.4, -0.2) is 31.5 Å². The number of fused-ring (bicyclic) bond motifs is 1. The van der Waals surface area contributed by atoms with Crippen molar-refractivity contribution >= 4 is 27.5 Å². The van der Waals surface area contributed by atoms with Crippen LogP contribution in [0.2, 0.25) is 0 Å². The first-order valence-corrected chi connectivity index (χ1v) is 10.2. The van der Waals surface area contributed by atoms with Crippen LogP contribution in [0.25, 0.3) is 0 Å². The van der Waals surface area contributed by atoms with E-state index in [2.05, 4.69) is 15.2 Å². The Bertz CT molecular complexity index is 1040. The van der Waals surface area contributed by atoms with Gasteiger partial charge in [-0.25, -0.2) is 13.1 Å². The largest absolute Gasteiger partial charge is 0.479 e. The van der Waals surface area contributed by atoms with E-state index in [9.17, 15) is 18.0 Å². The number of rotatable bonds is 5. The summed E-state index contributed by atoms with van der Waals surface area (Å²) in [4.78, 5) is 23.8. The van der Waals surface area contributed by atoms with E-state index in [0.29, 0.717) is 29.1 Å². The third-order valence-corrected chi connectivity index (χ3v) is 6.04. The summed E-state index contributed by atoms with van der Waals surface area (Å²) < 4.78 is 37.9. The monoisotopic (exact) mass is 407 g/mol. The Kier molecular flexibility index (Phi) is 5.16. The second-order valence-electron chi connectivity index (χ2n) is 6.69. The summed E-state index contributed by atoms with van der Waals surface area (Å²) >= 11 is 0. The maximum Gasteiger partial charge on any atom is 0.265 e. The van der Waals surface area contributed by atoms with Crippen LogP contribution >= 0.6 is 0 Å². The van der Waals surface area contributed by atoms with Crippen molar-refractivity contribution in [3.05, 3.63) is 34.7 Å². The topological polar surface area (TPSA) is 128 Å². The van der Waals surface area contributed by atoms with E-state index in [4.69, 9.17) is 9.26 Å². The van der Waals surface area contributed by atoms with Crippen molar-refractivity contribution in [1.82, 2.24) is 9.88 Å². The molecular weight excluding hydrogens is 386 g/mol. The lowest BCUT2D eigenvalue weighted by Crippen LogP contribution is -2.35. The molecule has 0 fully saturated rings. The number of hydrogen-bond donors (Lipinski definition) is 2. The lowest BCUT2D eigenvalue weighted by Gasteiger charge is -2.24. The highest BCUT2D eigenvalue weighted by atomic mass is 32.2. The van der Waals surface area contributed by atoms with Crippen molar-refractivity contribution < 1.29 is 27.3 Å². The van der Waals surface area contributed by atoms with E-state index < -0.39 is 22.0 Å². The second-order valence-corrected chi connectivity index (χ2v) is 8.35. The van der Waals surface area contributed by atoms with E-state index in [1.165, 1.54) is 12.1 Å². The molecule has 0 radical (unpaired) electrons. The fourth-order valence-corrected chi connectivity index (χ4v) is 4.24. The van der Waals surface area contributed by atoms with Crippen molar-refractivity contribution in [2.45, 2.75) is 51.5 Å². The van der Waals surface area contributed by atoms with Crippen molar-refractivity contribution in [3.8, 4) is 5.75 Å². The van der Waals surface area contributed by atoms with Crippen molar-refractivity contribution in [2.24, 2.45) is 0 Å². The van der Waals surface area contributed by atoms with Gasteiger partial charge in [-0.2, -0.15) is 0 Å². The molecule has 3 rings (SSSR count). The number of hydrogen-bond acceptors (Lipinski definition) is 7. The molecule has 2 amide bonds. The first-order valence-electron chi connectivity index (χ1n) is 8.68. The highest BCUT2D eigenvalue weighted by Crippen LogP contribution is 2.34. The molecule has 0 saturated heterocycles. The van der Waals surface area contributed by atoms with Gasteiger partial charge in [-0.3, -0.25) is 9.59 Å². The number of carbonyl (C=O) groups is 2. The minimum Gasteiger partial charge on any atom is -0.479 e. The van der Waals surface area contributed by atoms with Gasteiger partial charge in [0.15, 0.2) is 6.10 Å². The molecular formula is C18H21N3O6S. The minimum absolute atomic E-state index is 0.0320. The van der Waals surface area contributed by atoms with Crippen LogP contribution in [0, 0.1) is 20.8 Å². The standard InChI is InChI=1S/C18H21N3O6S/c1-9-7-14-15(26-12(4)18(23)19-14)8-16(9)28(24,25)21-17(22)6-5-13-10(2)20-27-11(13)3/h7-8,12H,5-6H2,1-4H3,(H,19,23)(H,21,22)/t12-/m0/s1. The summed E-state index contributed by atoms with van der Waals surface area (Å²) in [7, 11) is -4.10. The third-order valence-electron chi connectivity index (χ3n) is 4.53. The third kappa shape index (κ3) is 3.86. The predicted octanol–water partition coefficient (Wildman–Crippen LogP) is 1.76. The van der Waals surface area contributed by atoms with Crippen LogP contribution in [0.5, 0.6) is 5.75 Å². The fourth-order valence-electron chi connectivity index (χ4n) is 2.99. The number of nitrogens with zero attached hydrogens (tertiary/aromatic N) is 1. The zero-order valence-electron chi connectivity index (χ0n) is 16.0. The van der Waals surface area contributed by atoms with Crippen molar-refractivity contribution in [3.63, 3.8) is 0 Å². The highest BCUT2D eigenvalue weighted by molar-refractivity contribution is 7.90. The van der Waals surface area contributed by atoms with Gasteiger partial charge in [0.2, 0.25) is 5.91 Å². The second kappa shape index (κ2) is 7.27. The smallest absolute Gasteiger partial charge is 0.265 e. The summed E-state index contributed by atoms with van der Waals surface area (Å²) in [5, 5.41) is 6.47. The molecule has 9 nitrogen and oxygen atoms in total. The van der Waals surface area contributed by atoms with Crippen LogP contribution in [0.4, 0.5) is 5.69 Å². The molecule has 0 bridgehead atoms. The molecule has 2 N–H and O–H groups in total. The number of carbonyl (C=O) groups excluding carboxylic acids is 2. The van der Waals surface area contributed by atoms with Crippen LogP contribution < -0.4 is 14.8 Å². The van der Waals surface area contributed by atoms with Gasteiger partial charge >= 0.3 is 0 Å². The molecule has 0 aliphatic carbocycles. The van der Waals surface area contributed by atoms with E-state index in [1.807, 2.05) is 0 Å². The van der Waals surface area contributed by atoms with Gasteiger partial charge in [0.25, 0.3) is 15.9 Å². The first kappa shape index (κ1) is 19.9. The molecule has 1 aromatic carbocycles. The van der Waals surface area contributed by atoms with Crippen LogP contribution in [0.15, 0.2) is 21.6 Å². The molecule has 0 saturated carbocycles. The number of ether oxygens (including phenoxy) is 1. The van der Waals surface area contributed by atoms with Gasteiger partial charge in [0.1, 0.15) is 11.5 Å². The SMILES string of the molecule is Cc1cc2c(cc1S(=O)(=O)NC(=O)CCc1c(C)noc1C)O[C@@H](C)C(=O)N2. The zero-order valence-corrected chi connectivity index (χ0v) is 16.8. The summed E-state index contributed by atoms with van der Waals surface area (Å²) in [5.74, 6) is -0.108. The van der Waals surface area contributed by atoms with E-state index in [-0.39, 0.29) is 23.0 Å². The Labute approximate surface area is 162 Å². The van der Waals surface area contributed by atoms with Crippen molar-refractivity contribution in [2.75, 3.05) is 5.32 Å². The Morgan fingerprint density at radius 3 is 2.64 bits per heavy atom. The minimum atomic E-state index is -4.10. The number of amides is 2. The highest BCUT2D eigenvalue weighted by Gasteiger charge is 2.28. The Morgan fingerprint density at radius 2 is 2.00 bits per heavy atom. The average molecular weight is 407 g/mol. The molecule has 2 heterocycles. The van der Waals surface area contributed by atoms with E-state index in [0.717, 1.165) is 5.56 Å². The van der Waals surface area contributed by atoms with Gasteiger partial charge < -0.3 is 14.6 Å². The zero-order chi connectivity index (χ0) is 20.6. The summed E-state index contributed by atoms with van der Waals surface area (Å²) in [6, 6.07) is 2.81. The number of nitrogens with one attached hydrogen (secondary N) is 2. The maximum atomic E-state index is 12.7. The Hall–Kier alpha value is -2.88. The average Bonchev–Trinajstić information content (AvgIpc) is 2.91. The molecule has 1 atom stereocenters. The summed E-state index contributed by atoms with van der Waals surface area (Å²) in [6.07, 6.45) is -0.455. The molecule has 10 heteroatoms. The number of anilines is 1. The lowest BCUT2D eigenvalue weighted by atomic mass is 10.1. The van der Waals surface area contributed by atoms with Gasteiger partial charge in [-0.1, -0.05) is 5.16 Å². The number of aryl methyl sites for hydroxylation is 3. The lowest BCUT2D eigenvalue weighted by molar-refractivity contribution is -0.122. The summed E-state index contributed by atoms with van der Waals surface area (Å²) in [6.45, 7) is 6.63. The van der Waals surface area contributed by atoms with Crippen LogP contribution in [0.3, 0.4) is 0 Å². The van der Waals surface area contributed by atoms with Crippen molar-refractivity contribution in [1.29, 1.82) is 0 Å². The molecule has 28 heavy (non-hydrogen) atoms. The molecule has 1 aliphatic heterocycles. The maximum absolute atomic E-state index is 12.7. The van der Waals surface area contributed by atoms with Crippen LogP contribution in [0.1, 0.15) is 35.9 Å². The van der Waals surface area contributed by atoms with Gasteiger partial charge in [-0.15, -0.1) is 0 Å². The molecule has 2 aromatic rings. The molecule has 150 valence electrons. The number of benzene rings is 1. The first-order chi connectivity index (χ1) is 13.1. The van der Waals surface area contributed by atoms with Gasteiger partial charge in [0.05, 0.1) is 16.3 Å². The molecule has 1 aromatic heterocycles. The summed E-state index contributed by atoms with van der Waals surface area (Å²) in [5.41, 5.74) is 2.23. The van der Waals surface area contributed by atoms with E-state index >= 15 is 0 Å². The number of aromatic nitrogens is 1. The normalized spacial score (nSPS) is 16.1. The van der Waals surface area contributed by atoms with Gasteiger partial charge in [0, 0.05) is 18.1 Å². The Morgan fingerprint density at radius 1 is 1.29 bits per heavy atom. The predicted molar refractivity (Wildman–Crippen MR) is 99.5 cm³/mol. The number of sulfonamides is 1. The van der Waals surface area contributed by atoms with E-state index in [1.54, 1.807) is 27.7 Å². The molecule has 0 unspecified atom stereocenters. The van der Waals surface area contributed by atoms with Crippen LogP contribution in [-0.2, 0) is 26.0 Å². The fraction of sp³-hybridized carbons (Fsp3) is 0.389. The van der Waals surface area contributed by atoms with Gasteiger partial charge in [-0.05, 0) is 45.7 Å². The quantitative estimate of drug-likeness (QED) is 0.773. The Balaban J connectivity index is 1.76. The molecule has 1 aliphatic rings.